The van der Waals surface area contributed by atoms with Crippen LogP contribution >= 0.6 is 11.3 Å². The Balaban J connectivity index is 1.73. The first-order chi connectivity index (χ1) is 13.0. The van der Waals surface area contributed by atoms with Gasteiger partial charge in [0, 0.05) is 30.7 Å². The molecule has 0 bridgehead atoms. The second-order valence-corrected chi connectivity index (χ2v) is 7.70. The molecule has 1 N–H and O–H groups in total. The Morgan fingerprint density at radius 3 is 2.63 bits per heavy atom. The second-order valence-electron chi connectivity index (χ2n) is 6.59. The molecule has 0 spiro atoms. The average Bonchev–Trinajstić information content (AvgIpc) is 3.21. The summed E-state index contributed by atoms with van der Waals surface area (Å²) in [6.07, 6.45) is 6.12. The molecule has 27 heavy (non-hydrogen) atoms. The van der Waals surface area contributed by atoms with Gasteiger partial charge in [0.25, 0.3) is 0 Å². The number of thiophene rings is 1. The van der Waals surface area contributed by atoms with Crippen molar-refractivity contribution >= 4 is 40.0 Å². The predicted molar refractivity (Wildman–Crippen MR) is 111 cm³/mol. The van der Waals surface area contributed by atoms with E-state index in [0.717, 1.165) is 36.1 Å². The summed E-state index contributed by atoms with van der Waals surface area (Å²) in [6.45, 7) is 2.10. The van der Waals surface area contributed by atoms with Crippen molar-refractivity contribution in [1.82, 2.24) is 0 Å². The molecule has 0 fully saturated rings. The van der Waals surface area contributed by atoms with Crippen molar-refractivity contribution in [3.05, 3.63) is 51.9 Å². The molecule has 142 valence electrons. The maximum Gasteiger partial charge on any atom is 0.341 e. The Morgan fingerprint density at radius 1 is 1.22 bits per heavy atom. The number of ether oxygens (including phenoxy) is 1. The molecule has 1 aromatic heterocycles. The van der Waals surface area contributed by atoms with E-state index in [9.17, 15) is 9.59 Å². The molecule has 0 unspecified atom stereocenters. The number of aryl methyl sites for hydroxylation is 1. The zero-order chi connectivity index (χ0) is 19.4. The van der Waals surface area contributed by atoms with Gasteiger partial charge in [0.05, 0.1) is 12.2 Å². The number of benzene rings is 1. The highest BCUT2D eigenvalue weighted by Crippen LogP contribution is 2.39. The molecule has 0 saturated heterocycles. The summed E-state index contributed by atoms with van der Waals surface area (Å²) < 4.78 is 5.19. The third-order valence-corrected chi connectivity index (χ3v) is 5.68. The molecule has 3 rings (SSSR count). The van der Waals surface area contributed by atoms with E-state index in [2.05, 4.69) is 5.32 Å². The van der Waals surface area contributed by atoms with Crippen LogP contribution in [0.2, 0.25) is 0 Å². The topological polar surface area (TPSA) is 58.6 Å². The largest absolute Gasteiger partial charge is 0.462 e. The fraction of sp³-hybridized carbons (Fsp3) is 0.333. The lowest BCUT2D eigenvalue weighted by molar-refractivity contribution is -0.111. The SMILES string of the molecule is CCOC(=O)c1c(NC(=O)C=Cc2ccc(N(C)C)cc2)sc2c1CCC2. The lowest BCUT2D eigenvalue weighted by Gasteiger charge is -2.11. The molecular formula is C21H24N2O3S. The van der Waals surface area contributed by atoms with Crippen molar-refractivity contribution in [2.45, 2.75) is 26.2 Å². The standard InChI is InChI=1S/C21H24N2O3S/c1-4-26-21(25)19-16-6-5-7-17(16)27-20(19)22-18(24)13-10-14-8-11-15(12-9-14)23(2)3/h8-13H,4-7H2,1-3H3,(H,22,24). The molecular weight excluding hydrogens is 360 g/mol. The number of nitrogens with one attached hydrogen (secondary N) is 1. The summed E-state index contributed by atoms with van der Waals surface area (Å²) in [6, 6.07) is 7.92. The summed E-state index contributed by atoms with van der Waals surface area (Å²) in [5, 5.41) is 3.46. The van der Waals surface area contributed by atoms with Crippen LogP contribution in [-0.2, 0) is 22.4 Å². The smallest absolute Gasteiger partial charge is 0.341 e. The van der Waals surface area contributed by atoms with Crippen LogP contribution in [0.1, 0.15) is 39.7 Å². The highest BCUT2D eigenvalue weighted by atomic mass is 32.1. The minimum absolute atomic E-state index is 0.253. The van der Waals surface area contributed by atoms with Gasteiger partial charge in [0.1, 0.15) is 5.00 Å². The number of hydrogen-bond donors (Lipinski definition) is 1. The quantitative estimate of drug-likeness (QED) is 0.601. The van der Waals surface area contributed by atoms with Crippen LogP contribution in [0.3, 0.4) is 0 Å². The van der Waals surface area contributed by atoms with Gasteiger partial charge in [-0.1, -0.05) is 12.1 Å². The Morgan fingerprint density at radius 2 is 1.96 bits per heavy atom. The van der Waals surface area contributed by atoms with Gasteiger partial charge in [-0.15, -0.1) is 11.3 Å². The molecule has 5 nitrogen and oxygen atoms in total. The van der Waals surface area contributed by atoms with E-state index >= 15 is 0 Å². The lowest BCUT2D eigenvalue weighted by atomic mass is 10.1. The number of amides is 1. The highest BCUT2D eigenvalue weighted by Gasteiger charge is 2.27. The zero-order valence-electron chi connectivity index (χ0n) is 15.9. The molecule has 1 heterocycles. The molecule has 0 radical (unpaired) electrons. The van der Waals surface area contributed by atoms with Crippen molar-refractivity contribution in [2.24, 2.45) is 0 Å². The van der Waals surface area contributed by atoms with E-state index in [1.54, 1.807) is 13.0 Å². The molecule has 1 aliphatic rings. The molecule has 0 saturated carbocycles. The van der Waals surface area contributed by atoms with Crippen molar-refractivity contribution in [3.63, 3.8) is 0 Å². The average molecular weight is 385 g/mol. The number of esters is 1. The van der Waals surface area contributed by atoms with Gasteiger partial charge in [-0.25, -0.2) is 4.79 Å². The third-order valence-electron chi connectivity index (χ3n) is 4.47. The van der Waals surface area contributed by atoms with E-state index in [0.29, 0.717) is 17.2 Å². The molecule has 2 aromatic rings. The summed E-state index contributed by atoms with van der Waals surface area (Å²) in [5.41, 5.74) is 3.61. The molecule has 6 heteroatoms. The number of anilines is 2. The van der Waals surface area contributed by atoms with Gasteiger partial charge in [-0.2, -0.15) is 0 Å². The van der Waals surface area contributed by atoms with Crippen LogP contribution in [0.15, 0.2) is 30.3 Å². The summed E-state index contributed by atoms with van der Waals surface area (Å²) in [7, 11) is 3.97. The first-order valence-corrected chi connectivity index (χ1v) is 9.89. The lowest BCUT2D eigenvalue weighted by Crippen LogP contribution is -2.13. The first kappa shape index (κ1) is 19.2. The highest BCUT2D eigenvalue weighted by molar-refractivity contribution is 7.17. The molecule has 1 amide bonds. The number of carbonyl (C=O) groups is 2. The van der Waals surface area contributed by atoms with E-state index in [4.69, 9.17) is 4.74 Å². The summed E-state index contributed by atoms with van der Waals surface area (Å²) >= 11 is 1.49. The van der Waals surface area contributed by atoms with Gasteiger partial charge < -0.3 is 15.0 Å². The minimum Gasteiger partial charge on any atom is -0.462 e. The number of hydrogen-bond acceptors (Lipinski definition) is 5. The summed E-state index contributed by atoms with van der Waals surface area (Å²) in [5.74, 6) is -0.604. The van der Waals surface area contributed by atoms with Crippen molar-refractivity contribution in [2.75, 3.05) is 30.9 Å². The van der Waals surface area contributed by atoms with Crippen molar-refractivity contribution in [3.8, 4) is 0 Å². The van der Waals surface area contributed by atoms with Crippen LogP contribution in [-0.4, -0.2) is 32.6 Å². The number of nitrogens with zero attached hydrogens (tertiary/aromatic N) is 1. The Labute approximate surface area is 163 Å². The van der Waals surface area contributed by atoms with E-state index in [1.165, 1.54) is 22.3 Å². The maximum absolute atomic E-state index is 12.4. The van der Waals surface area contributed by atoms with Gasteiger partial charge in [0.15, 0.2) is 0 Å². The van der Waals surface area contributed by atoms with Crippen LogP contribution in [0, 0.1) is 0 Å². The predicted octanol–water partition coefficient (Wildman–Crippen LogP) is 4.13. The van der Waals surface area contributed by atoms with Gasteiger partial charge in [-0.05, 0) is 55.5 Å². The number of carbonyl (C=O) groups excluding carboxylic acids is 2. The van der Waals surface area contributed by atoms with Gasteiger partial charge in [0.2, 0.25) is 5.91 Å². The minimum atomic E-state index is -0.351. The third kappa shape index (κ3) is 4.39. The second kappa shape index (κ2) is 8.39. The van der Waals surface area contributed by atoms with Crippen molar-refractivity contribution in [1.29, 1.82) is 0 Å². The molecule has 0 atom stereocenters. The van der Waals surface area contributed by atoms with E-state index in [1.807, 2.05) is 43.3 Å². The summed E-state index contributed by atoms with van der Waals surface area (Å²) in [4.78, 5) is 27.9. The monoisotopic (exact) mass is 384 g/mol. The molecule has 0 aliphatic heterocycles. The van der Waals surface area contributed by atoms with Crippen LogP contribution in [0.25, 0.3) is 6.08 Å². The fourth-order valence-electron chi connectivity index (χ4n) is 3.12. The Hall–Kier alpha value is -2.60. The van der Waals surface area contributed by atoms with Crippen LogP contribution in [0.4, 0.5) is 10.7 Å². The molecule has 1 aliphatic carbocycles. The molecule has 1 aromatic carbocycles. The normalized spacial score (nSPS) is 12.9. The van der Waals surface area contributed by atoms with Gasteiger partial charge in [-0.3, -0.25) is 4.79 Å². The van der Waals surface area contributed by atoms with Gasteiger partial charge >= 0.3 is 5.97 Å². The van der Waals surface area contributed by atoms with E-state index in [-0.39, 0.29) is 11.9 Å². The number of rotatable bonds is 6. The maximum atomic E-state index is 12.4. The van der Waals surface area contributed by atoms with E-state index < -0.39 is 0 Å². The Kier molecular flexibility index (Phi) is 5.96. The number of fused-ring (bicyclic) bond motifs is 1. The zero-order valence-corrected chi connectivity index (χ0v) is 16.7. The van der Waals surface area contributed by atoms with Crippen LogP contribution in [0.5, 0.6) is 0 Å². The Bertz CT molecular complexity index is 866. The van der Waals surface area contributed by atoms with Crippen LogP contribution < -0.4 is 10.2 Å². The fourth-order valence-corrected chi connectivity index (χ4v) is 4.40. The van der Waals surface area contributed by atoms with Crippen molar-refractivity contribution < 1.29 is 14.3 Å². The first-order valence-electron chi connectivity index (χ1n) is 9.07.